The first-order valence-electron chi connectivity index (χ1n) is 11.3. The van der Waals surface area contributed by atoms with E-state index in [1.807, 2.05) is 12.3 Å². The summed E-state index contributed by atoms with van der Waals surface area (Å²) in [7, 11) is 0. The van der Waals surface area contributed by atoms with E-state index in [1.165, 1.54) is 16.7 Å². The number of carbonyl (C=O) groups excluding carboxylic acids is 1. The van der Waals surface area contributed by atoms with Crippen molar-refractivity contribution in [1.82, 2.24) is 10.4 Å². The molecular formula is C26H34ClFN2OS. The lowest BCUT2D eigenvalue weighted by atomic mass is 9.88. The largest absolute Gasteiger partial charge is 0.361 e. The second kappa shape index (κ2) is 10.5. The highest BCUT2D eigenvalue weighted by Gasteiger charge is 2.36. The Labute approximate surface area is 202 Å². The first-order chi connectivity index (χ1) is 15.1. The fourth-order valence-corrected chi connectivity index (χ4v) is 4.54. The lowest BCUT2D eigenvalue weighted by Gasteiger charge is -2.28. The number of dihydropyridines is 1. The summed E-state index contributed by atoms with van der Waals surface area (Å²) in [5.74, 6) is 0.557. The normalized spacial score (nSPS) is 17.2. The molecule has 1 fully saturated rings. The maximum Gasteiger partial charge on any atom is 0.260 e. The summed E-state index contributed by atoms with van der Waals surface area (Å²) < 4.78 is 14.5. The second-order valence-electron chi connectivity index (χ2n) is 9.61. The Morgan fingerprint density at radius 1 is 1.28 bits per heavy atom. The molecule has 32 heavy (non-hydrogen) atoms. The van der Waals surface area contributed by atoms with Gasteiger partial charge in [0.25, 0.3) is 5.91 Å². The first kappa shape index (κ1) is 24.9. The minimum Gasteiger partial charge on any atom is -0.361 e. The number of amides is 1. The number of halogens is 2. The van der Waals surface area contributed by atoms with Crippen molar-refractivity contribution in [2.24, 2.45) is 11.3 Å². The van der Waals surface area contributed by atoms with Gasteiger partial charge in [0, 0.05) is 17.8 Å². The van der Waals surface area contributed by atoms with Gasteiger partial charge in [0.05, 0.1) is 12.0 Å². The molecule has 1 heterocycles. The highest BCUT2D eigenvalue weighted by atomic mass is 35.5. The predicted octanol–water partition coefficient (Wildman–Crippen LogP) is 6.87. The molecule has 1 saturated carbocycles. The summed E-state index contributed by atoms with van der Waals surface area (Å²) in [6, 6.07) is 6.49. The summed E-state index contributed by atoms with van der Waals surface area (Å²) >= 11 is 10.7. The van der Waals surface area contributed by atoms with Crippen LogP contribution in [0.5, 0.6) is 0 Å². The zero-order chi connectivity index (χ0) is 23.5. The number of hydrogen-bond donors (Lipinski definition) is 2. The van der Waals surface area contributed by atoms with Crippen LogP contribution in [0.3, 0.4) is 0 Å². The molecule has 3 rings (SSSR count). The number of thiol groups is 1. The van der Waals surface area contributed by atoms with E-state index in [4.69, 9.17) is 11.6 Å². The van der Waals surface area contributed by atoms with E-state index >= 15 is 0 Å². The number of alkyl halides is 1. The summed E-state index contributed by atoms with van der Waals surface area (Å²) in [5.41, 5.74) is 5.82. The van der Waals surface area contributed by atoms with Crippen LogP contribution >= 0.6 is 24.2 Å². The SMILES string of the molecule is Cc1cc(C)cc(C2=C(CCCl)CC(/C=C(\S)C(C)(C)C(=O)N(F)CCC3CC3)=CN2)c1. The van der Waals surface area contributed by atoms with Crippen molar-refractivity contribution in [2.75, 3.05) is 12.4 Å². The number of nitrogens with zero attached hydrogens (tertiary/aromatic N) is 1. The average Bonchev–Trinajstić information content (AvgIpc) is 3.55. The molecule has 2 aliphatic rings. The van der Waals surface area contributed by atoms with Crippen LogP contribution in [0.15, 0.2) is 46.5 Å². The molecule has 1 aliphatic heterocycles. The van der Waals surface area contributed by atoms with Gasteiger partial charge in [0.15, 0.2) is 0 Å². The summed E-state index contributed by atoms with van der Waals surface area (Å²) in [5, 5.41) is 3.80. The van der Waals surface area contributed by atoms with Gasteiger partial charge in [-0.15, -0.1) is 24.2 Å². The van der Waals surface area contributed by atoms with E-state index in [-0.39, 0.29) is 6.54 Å². The van der Waals surface area contributed by atoms with Crippen molar-refractivity contribution in [3.05, 3.63) is 63.2 Å². The molecule has 1 N–H and O–H groups in total. The monoisotopic (exact) mass is 476 g/mol. The number of aryl methyl sites for hydroxylation is 2. The maximum absolute atomic E-state index is 14.5. The zero-order valence-corrected chi connectivity index (χ0v) is 21.1. The smallest absolute Gasteiger partial charge is 0.260 e. The predicted molar refractivity (Wildman–Crippen MR) is 135 cm³/mol. The van der Waals surface area contributed by atoms with Gasteiger partial charge in [-0.1, -0.05) is 34.5 Å². The molecule has 1 amide bonds. The molecule has 0 atom stereocenters. The third kappa shape index (κ3) is 6.20. The number of benzene rings is 1. The Morgan fingerprint density at radius 3 is 2.53 bits per heavy atom. The van der Waals surface area contributed by atoms with Gasteiger partial charge in [0.1, 0.15) is 0 Å². The maximum atomic E-state index is 14.5. The third-order valence-corrected chi connectivity index (χ3v) is 7.10. The van der Waals surface area contributed by atoms with Crippen LogP contribution in [-0.4, -0.2) is 23.5 Å². The van der Waals surface area contributed by atoms with E-state index in [0.717, 1.165) is 42.5 Å². The van der Waals surface area contributed by atoms with Gasteiger partial charge in [-0.3, -0.25) is 4.79 Å². The van der Waals surface area contributed by atoms with Crippen molar-refractivity contribution < 1.29 is 9.28 Å². The molecule has 3 nitrogen and oxygen atoms in total. The van der Waals surface area contributed by atoms with Crippen LogP contribution < -0.4 is 5.32 Å². The standard InChI is InChI=1S/C26H34ClFN2OS/c1-17-11-18(2)13-22(12-17)24-21(7-9-27)14-20(16-29-24)15-23(32)26(3,4)25(31)30(28)10-8-19-5-6-19/h11-13,15-16,19,29,32H,5-10,14H2,1-4H3/b23-15-. The van der Waals surface area contributed by atoms with Crippen LogP contribution in [0.4, 0.5) is 4.48 Å². The number of nitrogens with one attached hydrogen (secondary N) is 1. The van der Waals surface area contributed by atoms with Crippen LogP contribution in [0.2, 0.25) is 0 Å². The molecule has 0 bridgehead atoms. The third-order valence-electron chi connectivity index (χ3n) is 6.23. The number of hydrogen-bond acceptors (Lipinski definition) is 3. The first-order valence-corrected chi connectivity index (χ1v) is 12.3. The van der Waals surface area contributed by atoms with E-state index < -0.39 is 11.3 Å². The number of rotatable bonds is 9. The van der Waals surface area contributed by atoms with Crippen LogP contribution in [0, 0.1) is 25.2 Å². The molecule has 0 radical (unpaired) electrons. The Morgan fingerprint density at radius 2 is 1.94 bits per heavy atom. The molecule has 0 unspecified atom stereocenters. The van der Waals surface area contributed by atoms with Crippen molar-refractivity contribution in [1.29, 1.82) is 0 Å². The van der Waals surface area contributed by atoms with Gasteiger partial charge in [0.2, 0.25) is 0 Å². The molecule has 0 spiro atoms. The van der Waals surface area contributed by atoms with Crippen LogP contribution in [0.1, 0.15) is 62.6 Å². The minimum absolute atomic E-state index is 0.153. The van der Waals surface area contributed by atoms with Crippen LogP contribution in [0.25, 0.3) is 5.70 Å². The van der Waals surface area contributed by atoms with E-state index in [0.29, 0.717) is 28.2 Å². The summed E-state index contributed by atoms with van der Waals surface area (Å²) in [6.07, 6.45) is 8.31. The van der Waals surface area contributed by atoms with Crippen molar-refractivity contribution in [3.8, 4) is 0 Å². The second-order valence-corrected chi connectivity index (χ2v) is 10.5. The lowest BCUT2D eigenvalue weighted by Crippen LogP contribution is -2.37. The Kier molecular flexibility index (Phi) is 8.16. The molecule has 174 valence electrons. The van der Waals surface area contributed by atoms with Gasteiger partial charge in [-0.05, 0) is 92.7 Å². The number of allylic oxidation sites excluding steroid dienone is 3. The average molecular weight is 477 g/mol. The number of carbonyl (C=O) groups is 1. The Hall–Kier alpha value is -1.72. The van der Waals surface area contributed by atoms with E-state index in [9.17, 15) is 9.28 Å². The quantitative estimate of drug-likeness (QED) is 0.231. The molecule has 1 aromatic carbocycles. The van der Waals surface area contributed by atoms with Crippen molar-refractivity contribution in [3.63, 3.8) is 0 Å². The van der Waals surface area contributed by atoms with Crippen LogP contribution in [-0.2, 0) is 4.79 Å². The van der Waals surface area contributed by atoms with E-state index in [1.54, 1.807) is 13.8 Å². The highest BCUT2D eigenvalue weighted by Crippen LogP contribution is 2.37. The Balaban J connectivity index is 1.76. The topological polar surface area (TPSA) is 32.3 Å². The van der Waals surface area contributed by atoms with Crippen molar-refractivity contribution in [2.45, 2.75) is 59.8 Å². The summed E-state index contributed by atoms with van der Waals surface area (Å²) in [6.45, 7) is 7.79. The van der Waals surface area contributed by atoms with Crippen molar-refractivity contribution >= 4 is 35.8 Å². The molecule has 6 heteroatoms. The van der Waals surface area contributed by atoms with Gasteiger partial charge >= 0.3 is 0 Å². The van der Waals surface area contributed by atoms with Gasteiger partial charge in [-0.2, -0.15) is 5.12 Å². The highest BCUT2D eigenvalue weighted by molar-refractivity contribution is 7.84. The van der Waals surface area contributed by atoms with Gasteiger partial charge < -0.3 is 5.32 Å². The van der Waals surface area contributed by atoms with Gasteiger partial charge in [-0.25, -0.2) is 0 Å². The lowest BCUT2D eigenvalue weighted by molar-refractivity contribution is -0.154. The minimum atomic E-state index is -1.04. The zero-order valence-electron chi connectivity index (χ0n) is 19.5. The molecule has 0 saturated heterocycles. The fourth-order valence-electron chi connectivity index (χ4n) is 4.05. The molecular weight excluding hydrogens is 443 g/mol. The molecule has 0 aromatic heterocycles. The fraction of sp³-hybridized carbons (Fsp3) is 0.500. The molecule has 1 aliphatic carbocycles. The Bertz CT molecular complexity index is 942. The van der Waals surface area contributed by atoms with E-state index in [2.05, 4.69) is 50.0 Å². The summed E-state index contributed by atoms with van der Waals surface area (Å²) in [4.78, 5) is 13.3. The molecule has 1 aromatic rings.